The van der Waals surface area contributed by atoms with E-state index in [9.17, 15) is 9.59 Å². The lowest BCUT2D eigenvalue weighted by Crippen LogP contribution is -2.55. The average molecular weight is 437 g/mol. The Morgan fingerprint density at radius 3 is 1.47 bits per heavy atom. The summed E-state index contributed by atoms with van der Waals surface area (Å²) in [5.41, 5.74) is 2.09. The van der Waals surface area contributed by atoms with Crippen LogP contribution in [0.15, 0.2) is 48.8 Å². The molecule has 0 aliphatic carbocycles. The number of nitrogens with zero attached hydrogens (tertiary/aromatic N) is 6. The molecule has 0 saturated carbocycles. The van der Waals surface area contributed by atoms with Crippen LogP contribution in [0.2, 0.25) is 0 Å². The van der Waals surface area contributed by atoms with Crippen LogP contribution < -0.4 is 0 Å². The normalized spacial score (nSPS) is 19.9. The van der Waals surface area contributed by atoms with Crippen LogP contribution in [0.25, 0.3) is 0 Å². The first kappa shape index (κ1) is 22.4. The minimum Gasteiger partial charge on any atom is -0.333 e. The van der Waals surface area contributed by atoms with Crippen LogP contribution in [-0.4, -0.2) is 93.7 Å². The molecule has 3 aliphatic heterocycles. The molecule has 32 heavy (non-hydrogen) atoms. The minimum absolute atomic E-state index is 0.352. The van der Waals surface area contributed by atoms with Gasteiger partial charge in [-0.2, -0.15) is 0 Å². The first-order chi connectivity index (χ1) is 15.7. The maximum atomic E-state index is 12.5. The summed E-state index contributed by atoms with van der Waals surface area (Å²) in [7, 11) is 0. The topological polar surface area (TPSA) is 72.9 Å². The monoisotopic (exact) mass is 436 g/mol. The predicted octanol–water partition coefficient (Wildman–Crippen LogP) is 1.25. The van der Waals surface area contributed by atoms with E-state index < -0.39 is 0 Å². The van der Waals surface area contributed by atoms with E-state index in [0.29, 0.717) is 26.2 Å². The number of carbonyl (C=O) groups is 2. The average Bonchev–Trinajstić information content (AvgIpc) is 2.82. The number of carbonyl (C=O) groups excluding carboxylic acids is 2. The van der Waals surface area contributed by atoms with Gasteiger partial charge >= 0.3 is 11.8 Å². The molecule has 5 rings (SSSR count). The van der Waals surface area contributed by atoms with Gasteiger partial charge in [-0.05, 0) is 37.1 Å². The molecule has 2 amide bonds. The zero-order chi connectivity index (χ0) is 22.2. The maximum absolute atomic E-state index is 12.5. The molecule has 0 aromatic carbocycles. The van der Waals surface area contributed by atoms with Crippen molar-refractivity contribution < 1.29 is 9.59 Å². The zero-order valence-electron chi connectivity index (χ0n) is 18.6. The highest BCUT2D eigenvalue weighted by Crippen LogP contribution is 2.11. The summed E-state index contributed by atoms with van der Waals surface area (Å²) >= 11 is 0. The van der Waals surface area contributed by atoms with Gasteiger partial charge in [-0.25, -0.2) is 0 Å². The largest absolute Gasteiger partial charge is 0.333 e. The van der Waals surface area contributed by atoms with Crippen molar-refractivity contribution in [2.45, 2.75) is 25.9 Å². The summed E-state index contributed by atoms with van der Waals surface area (Å²) in [5, 5.41) is 0. The molecule has 8 heteroatoms. The van der Waals surface area contributed by atoms with E-state index in [1.807, 2.05) is 36.7 Å². The molecule has 0 N–H and O–H groups in total. The van der Waals surface area contributed by atoms with Gasteiger partial charge in [0.25, 0.3) is 0 Å². The quantitative estimate of drug-likeness (QED) is 0.672. The van der Waals surface area contributed by atoms with Gasteiger partial charge in [0, 0.05) is 77.8 Å². The van der Waals surface area contributed by atoms with Gasteiger partial charge in [0.1, 0.15) is 0 Å². The summed E-state index contributed by atoms with van der Waals surface area (Å²) in [5.74, 6) is -0.704. The third-order valence-corrected chi connectivity index (χ3v) is 6.16. The highest BCUT2D eigenvalue weighted by Gasteiger charge is 2.32. The fourth-order valence-electron chi connectivity index (χ4n) is 4.38. The second kappa shape index (κ2) is 11.2. The van der Waals surface area contributed by atoms with Crippen LogP contribution in [0.1, 0.15) is 24.2 Å². The number of hydrogen-bond acceptors (Lipinski definition) is 6. The molecule has 0 unspecified atom stereocenters. The van der Waals surface area contributed by atoms with E-state index >= 15 is 0 Å². The second-order valence-electron chi connectivity index (χ2n) is 8.49. The highest BCUT2D eigenvalue weighted by molar-refractivity contribution is 6.35. The molecular formula is C24H32N6O2. The van der Waals surface area contributed by atoms with Gasteiger partial charge in [0.05, 0.1) is 11.4 Å². The maximum Gasteiger partial charge on any atom is 0.312 e. The van der Waals surface area contributed by atoms with E-state index in [2.05, 4.69) is 31.9 Å². The van der Waals surface area contributed by atoms with E-state index in [4.69, 9.17) is 0 Å². The van der Waals surface area contributed by atoms with Crippen molar-refractivity contribution in [3.8, 4) is 0 Å². The molecule has 2 aromatic rings. The molecule has 8 nitrogen and oxygen atoms in total. The van der Waals surface area contributed by atoms with Gasteiger partial charge in [-0.1, -0.05) is 12.1 Å². The molecule has 0 atom stereocenters. The number of pyridine rings is 2. The number of rotatable bonds is 4. The van der Waals surface area contributed by atoms with Crippen LogP contribution in [-0.2, 0) is 22.7 Å². The van der Waals surface area contributed by atoms with Crippen LogP contribution in [0.3, 0.4) is 0 Å². The Morgan fingerprint density at radius 1 is 0.594 bits per heavy atom. The molecule has 3 aliphatic rings. The fourth-order valence-corrected chi connectivity index (χ4v) is 4.38. The SMILES string of the molecule is O=C1C(=O)N2CCCN(Cc3ccccn3)CCN(Cc3ccccn3)CCCN1CC2. The third-order valence-electron chi connectivity index (χ3n) is 6.16. The number of amides is 2. The van der Waals surface area contributed by atoms with E-state index in [-0.39, 0.29) is 11.8 Å². The predicted molar refractivity (Wildman–Crippen MR) is 121 cm³/mol. The van der Waals surface area contributed by atoms with Crippen molar-refractivity contribution in [1.82, 2.24) is 29.6 Å². The molecule has 170 valence electrons. The number of fused-ring (bicyclic) bond motifs is 11. The lowest BCUT2D eigenvalue weighted by atomic mass is 10.2. The van der Waals surface area contributed by atoms with Gasteiger partial charge in [0.15, 0.2) is 0 Å². The molecule has 3 saturated heterocycles. The van der Waals surface area contributed by atoms with Gasteiger partial charge in [-0.15, -0.1) is 0 Å². The molecule has 0 radical (unpaired) electrons. The first-order valence-corrected chi connectivity index (χ1v) is 11.5. The van der Waals surface area contributed by atoms with Crippen LogP contribution in [0.4, 0.5) is 0 Å². The molecule has 5 heterocycles. The van der Waals surface area contributed by atoms with Crippen LogP contribution in [0, 0.1) is 0 Å². The van der Waals surface area contributed by atoms with Crippen molar-refractivity contribution in [2.24, 2.45) is 0 Å². The summed E-state index contributed by atoms with van der Waals surface area (Å²) in [6, 6.07) is 12.0. The Labute approximate surface area is 189 Å². The molecule has 2 bridgehead atoms. The summed E-state index contributed by atoms with van der Waals surface area (Å²) < 4.78 is 0. The van der Waals surface area contributed by atoms with Crippen molar-refractivity contribution in [3.63, 3.8) is 0 Å². The fraction of sp³-hybridized carbons (Fsp3) is 0.500. The zero-order valence-corrected chi connectivity index (χ0v) is 18.6. The standard InChI is InChI=1S/C24H32N6O2/c31-23-24(32)30-14-6-12-28(20-22-8-2-4-10-26-22)16-15-27(11-5-13-29(23)17-18-30)19-21-7-1-3-9-25-21/h1-4,7-10H,5-6,11-20H2. The van der Waals surface area contributed by atoms with E-state index in [0.717, 1.165) is 63.5 Å². The van der Waals surface area contributed by atoms with Crippen molar-refractivity contribution in [2.75, 3.05) is 52.4 Å². The third kappa shape index (κ3) is 6.11. The van der Waals surface area contributed by atoms with E-state index in [1.165, 1.54) is 0 Å². The van der Waals surface area contributed by atoms with Crippen molar-refractivity contribution in [3.05, 3.63) is 60.2 Å². The Bertz CT molecular complexity index is 805. The number of piperazine rings is 1. The summed E-state index contributed by atoms with van der Waals surface area (Å²) in [6.45, 7) is 7.59. The number of hydrogen-bond donors (Lipinski definition) is 0. The van der Waals surface area contributed by atoms with Gasteiger partial charge < -0.3 is 9.80 Å². The summed E-state index contributed by atoms with van der Waals surface area (Å²) in [6.07, 6.45) is 5.34. The molecule has 3 fully saturated rings. The Kier molecular flexibility index (Phi) is 7.79. The molecular weight excluding hydrogens is 404 g/mol. The van der Waals surface area contributed by atoms with E-state index in [1.54, 1.807) is 9.80 Å². The lowest BCUT2D eigenvalue weighted by molar-refractivity contribution is -0.156. The molecule has 0 spiro atoms. The van der Waals surface area contributed by atoms with Gasteiger partial charge in [0.2, 0.25) is 0 Å². The van der Waals surface area contributed by atoms with Gasteiger partial charge in [-0.3, -0.25) is 29.4 Å². The minimum atomic E-state index is -0.352. The van der Waals surface area contributed by atoms with Crippen LogP contribution in [0.5, 0.6) is 0 Å². The van der Waals surface area contributed by atoms with Crippen molar-refractivity contribution >= 4 is 11.8 Å². The summed E-state index contributed by atoms with van der Waals surface area (Å²) in [4.78, 5) is 42.3. The van der Waals surface area contributed by atoms with Crippen LogP contribution >= 0.6 is 0 Å². The lowest BCUT2D eigenvalue weighted by Gasteiger charge is -2.35. The Hall–Kier alpha value is -2.84. The highest BCUT2D eigenvalue weighted by atomic mass is 16.2. The molecule has 2 aromatic heterocycles. The second-order valence-corrected chi connectivity index (χ2v) is 8.49. The number of aromatic nitrogens is 2. The van der Waals surface area contributed by atoms with Crippen molar-refractivity contribution in [1.29, 1.82) is 0 Å². The Morgan fingerprint density at radius 2 is 1.06 bits per heavy atom. The Balaban J connectivity index is 1.47. The first-order valence-electron chi connectivity index (χ1n) is 11.5. The smallest absolute Gasteiger partial charge is 0.312 e.